The van der Waals surface area contributed by atoms with Crippen LogP contribution in [0.3, 0.4) is 0 Å². The summed E-state index contributed by atoms with van der Waals surface area (Å²) in [5.41, 5.74) is 6.47. The third kappa shape index (κ3) is 3.00. The van der Waals surface area contributed by atoms with Crippen molar-refractivity contribution in [2.45, 2.75) is 6.54 Å². The van der Waals surface area contributed by atoms with E-state index in [1.54, 1.807) is 19.4 Å². The van der Waals surface area contributed by atoms with Crippen LogP contribution in [0.4, 0.5) is 0 Å². The average Bonchev–Trinajstić information content (AvgIpc) is 2.42. The zero-order chi connectivity index (χ0) is 13.0. The Labute approximate surface area is 114 Å². The maximum absolute atomic E-state index is 5.65. The van der Waals surface area contributed by atoms with Gasteiger partial charge < -0.3 is 15.2 Å². The summed E-state index contributed by atoms with van der Waals surface area (Å²) in [5, 5.41) is 0. The second-order valence-corrected chi connectivity index (χ2v) is 4.46. The molecule has 0 fully saturated rings. The van der Waals surface area contributed by atoms with Crippen LogP contribution in [0.5, 0.6) is 17.4 Å². The number of halogens is 1. The number of benzene rings is 1. The van der Waals surface area contributed by atoms with Crippen molar-refractivity contribution in [2.24, 2.45) is 5.73 Å². The molecule has 0 amide bonds. The van der Waals surface area contributed by atoms with Crippen molar-refractivity contribution < 1.29 is 9.47 Å². The number of pyridine rings is 1. The van der Waals surface area contributed by atoms with Gasteiger partial charge in [0.05, 0.1) is 11.6 Å². The first kappa shape index (κ1) is 12.9. The fourth-order valence-corrected chi connectivity index (χ4v) is 1.83. The Morgan fingerprint density at radius 1 is 1.28 bits per heavy atom. The Bertz CT molecular complexity index is 529. The largest absolute Gasteiger partial charge is 0.497 e. The summed E-state index contributed by atoms with van der Waals surface area (Å²) in [6, 6.07) is 9.16. The quantitative estimate of drug-likeness (QED) is 0.943. The van der Waals surface area contributed by atoms with Gasteiger partial charge in [-0.2, -0.15) is 0 Å². The molecule has 1 aromatic carbocycles. The van der Waals surface area contributed by atoms with Gasteiger partial charge in [-0.1, -0.05) is 6.07 Å². The Kier molecular flexibility index (Phi) is 4.17. The van der Waals surface area contributed by atoms with Crippen molar-refractivity contribution in [3.05, 3.63) is 46.6 Å². The SMILES string of the molecule is COc1ccc(Oc2ccc(CN)cn2)c(Br)c1. The Hall–Kier alpha value is -1.59. The van der Waals surface area contributed by atoms with Gasteiger partial charge in [-0.25, -0.2) is 4.98 Å². The zero-order valence-corrected chi connectivity index (χ0v) is 11.5. The topological polar surface area (TPSA) is 57.4 Å². The third-order valence-electron chi connectivity index (χ3n) is 2.39. The third-order valence-corrected chi connectivity index (χ3v) is 3.01. The first-order chi connectivity index (χ1) is 8.72. The van der Waals surface area contributed by atoms with Crippen LogP contribution < -0.4 is 15.2 Å². The molecule has 0 atom stereocenters. The predicted octanol–water partition coefficient (Wildman–Crippen LogP) is 3.10. The highest BCUT2D eigenvalue weighted by Crippen LogP contribution is 2.31. The van der Waals surface area contributed by atoms with Gasteiger partial charge in [0.1, 0.15) is 11.5 Å². The monoisotopic (exact) mass is 308 g/mol. The normalized spacial score (nSPS) is 10.2. The van der Waals surface area contributed by atoms with E-state index in [2.05, 4.69) is 20.9 Å². The van der Waals surface area contributed by atoms with E-state index in [0.29, 0.717) is 18.2 Å². The van der Waals surface area contributed by atoms with Crippen molar-refractivity contribution in [1.82, 2.24) is 4.98 Å². The maximum Gasteiger partial charge on any atom is 0.219 e. The summed E-state index contributed by atoms with van der Waals surface area (Å²) >= 11 is 3.42. The number of aromatic nitrogens is 1. The molecule has 2 aromatic rings. The Morgan fingerprint density at radius 3 is 2.67 bits per heavy atom. The lowest BCUT2D eigenvalue weighted by Crippen LogP contribution is -1.97. The standard InChI is InChI=1S/C13H13BrN2O2/c1-17-10-3-4-12(11(14)6-10)18-13-5-2-9(7-15)8-16-13/h2-6,8H,7,15H2,1H3. The molecule has 0 spiro atoms. The van der Waals surface area contributed by atoms with E-state index in [0.717, 1.165) is 15.8 Å². The highest BCUT2D eigenvalue weighted by atomic mass is 79.9. The van der Waals surface area contributed by atoms with Gasteiger partial charge in [0.15, 0.2) is 0 Å². The lowest BCUT2D eigenvalue weighted by molar-refractivity contribution is 0.411. The van der Waals surface area contributed by atoms with Crippen LogP contribution in [0, 0.1) is 0 Å². The van der Waals surface area contributed by atoms with Gasteiger partial charge in [0.25, 0.3) is 0 Å². The fourth-order valence-electron chi connectivity index (χ4n) is 1.40. The van der Waals surface area contributed by atoms with E-state index in [-0.39, 0.29) is 0 Å². The van der Waals surface area contributed by atoms with Gasteiger partial charge in [-0.3, -0.25) is 0 Å². The molecule has 0 aliphatic rings. The van der Waals surface area contributed by atoms with Gasteiger partial charge >= 0.3 is 0 Å². The van der Waals surface area contributed by atoms with Gasteiger partial charge in [-0.05, 0) is 39.7 Å². The molecule has 94 valence electrons. The average molecular weight is 309 g/mol. The minimum absolute atomic E-state index is 0.472. The molecule has 4 nitrogen and oxygen atoms in total. The van der Waals surface area contributed by atoms with Crippen molar-refractivity contribution in [1.29, 1.82) is 0 Å². The van der Waals surface area contributed by atoms with Crippen LogP contribution in [-0.4, -0.2) is 12.1 Å². The zero-order valence-electron chi connectivity index (χ0n) is 9.89. The molecule has 5 heteroatoms. The smallest absolute Gasteiger partial charge is 0.219 e. The van der Waals surface area contributed by atoms with E-state index < -0.39 is 0 Å². The van der Waals surface area contributed by atoms with Crippen molar-refractivity contribution in [2.75, 3.05) is 7.11 Å². The van der Waals surface area contributed by atoms with E-state index in [4.69, 9.17) is 15.2 Å². The van der Waals surface area contributed by atoms with E-state index in [9.17, 15) is 0 Å². The van der Waals surface area contributed by atoms with Crippen LogP contribution in [0.2, 0.25) is 0 Å². The van der Waals surface area contributed by atoms with Gasteiger partial charge in [-0.15, -0.1) is 0 Å². The number of nitrogens with two attached hydrogens (primary N) is 1. The predicted molar refractivity (Wildman–Crippen MR) is 72.9 cm³/mol. The van der Waals surface area contributed by atoms with Gasteiger partial charge in [0, 0.05) is 18.8 Å². The lowest BCUT2D eigenvalue weighted by atomic mass is 10.3. The molecule has 0 saturated heterocycles. The number of hydrogen-bond acceptors (Lipinski definition) is 4. The molecular weight excluding hydrogens is 296 g/mol. The number of nitrogens with zero attached hydrogens (tertiary/aromatic N) is 1. The summed E-state index contributed by atoms with van der Waals surface area (Å²) in [4.78, 5) is 4.17. The Balaban J connectivity index is 2.17. The number of rotatable bonds is 4. The van der Waals surface area contributed by atoms with Crippen molar-refractivity contribution in [3.63, 3.8) is 0 Å². The minimum Gasteiger partial charge on any atom is -0.497 e. The van der Waals surface area contributed by atoms with E-state index >= 15 is 0 Å². The van der Waals surface area contributed by atoms with Crippen LogP contribution in [-0.2, 0) is 6.54 Å². The molecule has 0 unspecified atom stereocenters. The fraction of sp³-hybridized carbons (Fsp3) is 0.154. The number of ether oxygens (including phenoxy) is 2. The van der Waals surface area contributed by atoms with Crippen molar-refractivity contribution >= 4 is 15.9 Å². The first-order valence-electron chi connectivity index (χ1n) is 5.39. The highest BCUT2D eigenvalue weighted by molar-refractivity contribution is 9.10. The number of methoxy groups -OCH3 is 1. The summed E-state index contributed by atoms with van der Waals surface area (Å²) in [6.45, 7) is 0.472. The molecule has 18 heavy (non-hydrogen) atoms. The molecule has 0 aliphatic carbocycles. The summed E-state index contributed by atoms with van der Waals surface area (Å²) in [5.74, 6) is 1.97. The summed E-state index contributed by atoms with van der Waals surface area (Å²) in [7, 11) is 1.62. The highest BCUT2D eigenvalue weighted by Gasteiger charge is 2.05. The second-order valence-electron chi connectivity index (χ2n) is 3.61. The minimum atomic E-state index is 0.472. The molecule has 2 N–H and O–H groups in total. The number of hydrogen-bond donors (Lipinski definition) is 1. The molecule has 0 bridgehead atoms. The van der Waals surface area contributed by atoms with Crippen LogP contribution in [0.25, 0.3) is 0 Å². The maximum atomic E-state index is 5.65. The Morgan fingerprint density at radius 2 is 2.11 bits per heavy atom. The molecule has 0 radical (unpaired) electrons. The summed E-state index contributed by atoms with van der Waals surface area (Å²) < 4.78 is 11.6. The second kappa shape index (κ2) is 5.84. The van der Waals surface area contributed by atoms with Crippen molar-refractivity contribution in [3.8, 4) is 17.4 Å². The molecule has 0 saturated carbocycles. The molecule has 0 aliphatic heterocycles. The molecule has 2 rings (SSSR count). The van der Waals surface area contributed by atoms with Gasteiger partial charge in [0.2, 0.25) is 5.88 Å². The van der Waals surface area contributed by atoms with Crippen LogP contribution >= 0.6 is 15.9 Å². The molecule has 1 aromatic heterocycles. The first-order valence-corrected chi connectivity index (χ1v) is 6.18. The van der Waals surface area contributed by atoms with Crippen LogP contribution in [0.1, 0.15) is 5.56 Å². The lowest BCUT2D eigenvalue weighted by Gasteiger charge is -2.08. The van der Waals surface area contributed by atoms with E-state index in [1.807, 2.05) is 24.3 Å². The summed E-state index contributed by atoms with van der Waals surface area (Å²) in [6.07, 6.45) is 1.70. The van der Waals surface area contributed by atoms with E-state index in [1.165, 1.54) is 0 Å². The molecular formula is C13H13BrN2O2. The van der Waals surface area contributed by atoms with Crippen LogP contribution in [0.15, 0.2) is 41.0 Å². The molecule has 1 heterocycles.